The quantitative estimate of drug-likeness (QED) is 0.790. The Morgan fingerprint density at radius 2 is 1.94 bits per heavy atom. The van der Waals surface area contributed by atoms with Gasteiger partial charge in [-0.2, -0.15) is 0 Å². The van der Waals surface area contributed by atoms with E-state index in [2.05, 4.69) is 10.6 Å². The van der Waals surface area contributed by atoms with Gasteiger partial charge in [-0.3, -0.25) is 0 Å². The van der Waals surface area contributed by atoms with Crippen LogP contribution in [-0.4, -0.2) is 17.8 Å². The van der Waals surface area contributed by atoms with Crippen LogP contribution in [0.15, 0.2) is 24.3 Å². The van der Waals surface area contributed by atoms with Crippen molar-refractivity contribution >= 4 is 23.0 Å². The molecule has 0 heterocycles. The molecule has 1 rings (SSSR count). The van der Waals surface area contributed by atoms with E-state index in [9.17, 15) is 0 Å². The van der Waals surface area contributed by atoms with Crippen LogP contribution >= 0.6 is 12.2 Å². The summed E-state index contributed by atoms with van der Waals surface area (Å²) in [6, 6.07) is 7.75. The predicted octanol–water partition coefficient (Wildman–Crippen LogP) is 2.78. The van der Waals surface area contributed by atoms with Crippen LogP contribution in [0.4, 0.5) is 5.69 Å². The van der Waals surface area contributed by atoms with E-state index in [1.54, 1.807) is 0 Å². The van der Waals surface area contributed by atoms with Crippen molar-refractivity contribution in [3.63, 3.8) is 0 Å². The van der Waals surface area contributed by atoms with Crippen LogP contribution in [0.25, 0.3) is 0 Å². The van der Waals surface area contributed by atoms with Gasteiger partial charge in [0.1, 0.15) is 5.75 Å². The van der Waals surface area contributed by atoms with Crippen LogP contribution in [-0.2, 0) is 0 Å². The Morgan fingerprint density at radius 1 is 1.31 bits per heavy atom. The van der Waals surface area contributed by atoms with Gasteiger partial charge in [-0.1, -0.05) is 0 Å². The van der Waals surface area contributed by atoms with E-state index in [-0.39, 0.29) is 6.10 Å². The van der Waals surface area contributed by atoms with Crippen LogP contribution in [0, 0.1) is 0 Å². The maximum Gasteiger partial charge on any atom is 0.170 e. The lowest BCUT2D eigenvalue weighted by Gasteiger charge is -2.11. The molecule has 0 aliphatic rings. The molecule has 0 aromatic heterocycles. The minimum atomic E-state index is 0.196. The largest absolute Gasteiger partial charge is 0.491 e. The summed E-state index contributed by atoms with van der Waals surface area (Å²) in [4.78, 5) is 0. The number of anilines is 1. The highest BCUT2D eigenvalue weighted by atomic mass is 32.1. The van der Waals surface area contributed by atoms with Crippen LogP contribution in [0.3, 0.4) is 0 Å². The Morgan fingerprint density at radius 3 is 2.44 bits per heavy atom. The van der Waals surface area contributed by atoms with E-state index in [1.165, 1.54) is 0 Å². The summed E-state index contributed by atoms with van der Waals surface area (Å²) in [5.74, 6) is 0.870. The summed E-state index contributed by atoms with van der Waals surface area (Å²) in [7, 11) is 0. The van der Waals surface area contributed by atoms with Gasteiger partial charge in [0.05, 0.1) is 6.10 Å². The van der Waals surface area contributed by atoms with Gasteiger partial charge in [0, 0.05) is 12.2 Å². The molecule has 0 fully saturated rings. The highest BCUT2D eigenvalue weighted by Crippen LogP contribution is 2.16. The summed E-state index contributed by atoms with van der Waals surface area (Å²) in [6.07, 6.45) is 0.196. The molecule has 0 amide bonds. The molecule has 0 saturated carbocycles. The van der Waals surface area contributed by atoms with Crippen molar-refractivity contribution in [1.82, 2.24) is 5.32 Å². The average Bonchev–Trinajstić information content (AvgIpc) is 2.20. The summed E-state index contributed by atoms with van der Waals surface area (Å²) in [5.41, 5.74) is 0.960. The normalized spacial score (nSPS) is 10.0. The predicted molar refractivity (Wildman–Crippen MR) is 72.1 cm³/mol. The van der Waals surface area contributed by atoms with E-state index in [0.29, 0.717) is 5.11 Å². The average molecular weight is 238 g/mol. The van der Waals surface area contributed by atoms with E-state index in [1.807, 2.05) is 45.0 Å². The number of nitrogens with one attached hydrogen (secondary N) is 2. The van der Waals surface area contributed by atoms with E-state index in [0.717, 1.165) is 18.0 Å². The first-order chi connectivity index (χ1) is 7.61. The zero-order chi connectivity index (χ0) is 12.0. The molecule has 0 aliphatic carbocycles. The number of benzene rings is 1. The molecular formula is C12H18N2OS. The minimum absolute atomic E-state index is 0.196. The molecule has 3 nitrogen and oxygen atoms in total. The highest BCUT2D eigenvalue weighted by molar-refractivity contribution is 7.80. The number of thiocarbonyl (C=S) groups is 1. The third-order valence-corrected chi connectivity index (χ3v) is 2.07. The first kappa shape index (κ1) is 12.8. The number of hydrogen-bond donors (Lipinski definition) is 2. The van der Waals surface area contributed by atoms with Crippen molar-refractivity contribution in [3.05, 3.63) is 24.3 Å². The highest BCUT2D eigenvalue weighted by Gasteiger charge is 1.99. The van der Waals surface area contributed by atoms with Crippen molar-refractivity contribution in [2.75, 3.05) is 11.9 Å². The molecule has 0 radical (unpaired) electrons. The monoisotopic (exact) mass is 238 g/mol. The molecule has 0 bridgehead atoms. The van der Waals surface area contributed by atoms with Crippen LogP contribution in [0.5, 0.6) is 5.75 Å². The second kappa shape index (κ2) is 6.33. The van der Waals surface area contributed by atoms with E-state index in [4.69, 9.17) is 17.0 Å². The molecule has 0 unspecified atom stereocenters. The Labute approximate surface area is 102 Å². The van der Waals surface area contributed by atoms with Gasteiger partial charge in [-0.05, 0) is 57.3 Å². The maximum absolute atomic E-state index is 5.55. The second-order valence-corrected chi connectivity index (χ2v) is 4.08. The lowest BCUT2D eigenvalue weighted by Crippen LogP contribution is -2.27. The summed E-state index contributed by atoms with van der Waals surface area (Å²) in [6.45, 7) is 6.84. The van der Waals surface area contributed by atoms with Crippen LogP contribution in [0.2, 0.25) is 0 Å². The van der Waals surface area contributed by atoms with E-state index < -0.39 is 0 Å². The standard InChI is InChI=1S/C12H18N2OS/c1-4-13-12(16)14-10-5-7-11(8-6-10)15-9(2)3/h5-9H,4H2,1-3H3,(H2,13,14,16). The number of ether oxygens (including phenoxy) is 1. The van der Waals surface area contributed by atoms with Gasteiger partial charge in [0.2, 0.25) is 0 Å². The van der Waals surface area contributed by atoms with Crippen molar-refractivity contribution in [1.29, 1.82) is 0 Å². The van der Waals surface area contributed by atoms with Crippen molar-refractivity contribution < 1.29 is 4.74 Å². The summed E-state index contributed by atoms with van der Waals surface area (Å²) in [5, 5.41) is 6.76. The topological polar surface area (TPSA) is 33.3 Å². The number of rotatable bonds is 4. The maximum atomic E-state index is 5.55. The lowest BCUT2D eigenvalue weighted by atomic mass is 10.3. The van der Waals surface area contributed by atoms with Gasteiger partial charge in [0.25, 0.3) is 0 Å². The zero-order valence-electron chi connectivity index (χ0n) is 9.91. The van der Waals surface area contributed by atoms with Crippen molar-refractivity contribution in [2.24, 2.45) is 0 Å². The van der Waals surface area contributed by atoms with Gasteiger partial charge >= 0.3 is 0 Å². The molecule has 88 valence electrons. The SMILES string of the molecule is CCNC(=S)Nc1ccc(OC(C)C)cc1. The fourth-order valence-corrected chi connectivity index (χ4v) is 1.49. The third-order valence-electron chi connectivity index (χ3n) is 1.82. The lowest BCUT2D eigenvalue weighted by molar-refractivity contribution is 0.242. The molecular weight excluding hydrogens is 220 g/mol. The molecule has 0 saturated heterocycles. The fraction of sp³-hybridized carbons (Fsp3) is 0.417. The van der Waals surface area contributed by atoms with E-state index >= 15 is 0 Å². The van der Waals surface area contributed by atoms with Crippen LogP contribution < -0.4 is 15.4 Å². The van der Waals surface area contributed by atoms with Crippen molar-refractivity contribution in [3.8, 4) is 5.75 Å². The Balaban J connectivity index is 2.54. The Bertz CT molecular complexity index is 335. The van der Waals surface area contributed by atoms with Gasteiger partial charge in [-0.15, -0.1) is 0 Å². The first-order valence-corrected chi connectivity index (χ1v) is 5.84. The van der Waals surface area contributed by atoms with Crippen molar-refractivity contribution in [2.45, 2.75) is 26.9 Å². The number of hydrogen-bond acceptors (Lipinski definition) is 2. The zero-order valence-corrected chi connectivity index (χ0v) is 10.7. The third kappa shape index (κ3) is 4.49. The Hall–Kier alpha value is -1.29. The molecule has 16 heavy (non-hydrogen) atoms. The first-order valence-electron chi connectivity index (χ1n) is 5.43. The fourth-order valence-electron chi connectivity index (χ4n) is 1.22. The summed E-state index contributed by atoms with van der Waals surface area (Å²) >= 11 is 5.08. The van der Waals surface area contributed by atoms with Gasteiger partial charge in [0.15, 0.2) is 5.11 Å². The van der Waals surface area contributed by atoms with Crippen LogP contribution in [0.1, 0.15) is 20.8 Å². The Kier molecular flexibility index (Phi) is 5.05. The molecule has 0 aliphatic heterocycles. The summed E-state index contributed by atoms with van der Waals surface area (Å²) < 4.78 is 5.55. The molecule has 1 aromatic carbocycles. The molecule has 0 atom stereocenters. The molecule has 2 N–H and O–H groups in total. The second-order valence-electron chi connectivity index (χ2n) is 3.68. The molecule has 1 aromatic rings. The molecule has 0 spiro atoms. The smallest absolute Gasteiger partial charge is 0.170 e. The molecule has 4 heteroatoms. The van der Waals surface area contributed by atoms with Gasteiger partial charge < -0.3 is 15.4 Å². The van der Waals surface area contributed by atoms with Gasteiger partial charge in [-0.25, -0.2) is 0 Å². The minimum Gasteiger partial charge on any atom is -0.491 e.